The van der Waals surface area contributed by atoms with Crippen LogP contribution in [0.5, 0.6) is 0 Å². The highest BCUT2D eigenvalue weighted by atomic mass is 14.9. The maximum absolute atomic E-state index is 4.98. The monoisotopic (exact) mass is 410 g/mol. The number of unbranched alkanes of at least 4 members (excludes halogenated alkanes) is 1. The van der Waals surface area contributed by atoms with Gasteiger partial charge in [-0.05, 0) is 54.5 Å². The second-order valence-corrected chi connectivity index (χ2v) is 9.02. The van der Waals surface area contributed by atoms with Crippen LogP contribution in [0.2, 0.25) is 0 Å². The van der Waals surface area contributed by atoms with Gasteiger partial charge in [0.1, 0.15) is 0 Å². The Labute approximate surface area is 187 Å². The molecule has 2 aromatic carbocycles. The second-order valence-electron chi connectivity index (χ2n) is 9.02. The molecule has 31 heavy (non-hydrogen) atoms. The fraction of sp³-hybridized carbons (Fsp3) is 0.379. The van der Waals surface area contributed by atoms with Crippen molar-refractivity contribution in [1.29, 1.82) is 0 Å². The van der Waals surface area contributed by atoms with Gasteiger partial charge in [0.2, 0.25) is 0 Å². The van der Waals surface area contributed by atoms with Gasteiger partial charge in [0, 0.05) is 24.6 Å². The Balaban J connectivity index is 0.000000535. The van der Waals surface area contributed by atoms with Crippen molar-refractivity contribution in [1.82, 2.24) is 0 Å². The van der Waals surface area contributed by atoms with E-state index in [1.54, 1.807) is 0 Å². The lowest BCUT2D eigenvalue weighted by molar-refractivity contribution is 0.599. The first-order valence-electron chi connectivity index (χ1n) is 11.8. The molecule has 0 N–H and O–H groups in total. The smallest absolute Gasteiger partial charge is 0.0693 e. The van der Waals surface area contributed by atoms with Crippen molar-refractivity contribution in [2.75, 3.05) is 0 Å². The molecule has 0 bridgehead atoms. The Hall–Kier alpha value is -2.74. The van der Waals surface area contributed by atoms with Gasteiger partial charge in [-0.1, -0.05) is 86.9 Å². The molecule has 2 unspecified atom stereocenters. The normalized spacial score (nSPS) is 21.2. The molecule has 2 heterocycles. The molecule has 0 saturated heterocycles. The predicted octanol–water partition coefficient (Wildman–Crippen LogP) is 7.17. The third-order valence-corrected chi connectivity index (χ3v) is 6.39. The van der Waals surface area contributed by atoms with Crippen molar-refractivity contribution in [3.05, 3.63) is 88.1 Å². The molecule has 2 aliphatic heterocycles. The molecule has 2 nitrogen and oxygen atoms in total. The third kappa shape index (κ3) is 4.79. The summed E-state index contributed by atoms with van der Waals surface area (Å²) >= 11 is 0. The van der Waals surface area contributed by atoms with E-state index in [1.165, 1.54) is 57.7 Å². The second kappa shape index (κ2) is 9.60. The summed E-state index contributed by atoms with van der Waals surface area (Å²) in [7, 11) is 0. The minimum absolute atomic E-state index is 0.347. The van der Waals surface area contributed by atoms with E-state index < -0.39 is 0 Å². The van der Waals surface area contributed by atoms with E-state index in [2.05, 4.69) is 88.5 Å². The highest BCUT2D eigenvalue weighted by Crippen LogP contribution is 2.39. The Morgan fingerprint density at radius 3 is 2.55 bits per heavy atom. The fourth-order valence-corrected chi connectivity index (χ4v) is 4.63. The molecule has 2 aromatic rings. The van der Waals surface area contributed by atoms with E-state index in [1.807, 2.05) is 0 Å². The van der Waals surface area contributed by atoms with Crippen LogP contribution in [0.15, 0.2) is 75.9 Å². The van der Waals surface area contributed by atoms with Gasteiger partial charge in [-0.2, -0.15) is 0 Å². The molecular formula is C29H34N2. The van der Waals surface area contributed by atoms with Gasteiger partial charge in [0.05, 0.1) is 11.4 Å². The van der Waals surface area contributed by atoms with Crippen LogP contribution in [0.3, 0.4) is 0 Å². The minimum atomic E-state index is 0.347. The first-order chi connectivity index (χ1) is 15.1. The Morgan fingerprint density at radius 1 is 1.00 bits per heavy atom. The van der Waals surface area contributed by atoms with Crippen molar-refractivity contribution in [3.8, 4) is 0 Å². The van der Waals surface area contributed by atoms with Crippen LogP contribution in [0.4, 0.5) is 0 Å². The van der Waals surface area contributed by atoms with Crippen molar-refractivity contribution in [2.24, 2.45) is 15.9 Å². The summed E-state index contributed by atoms with van der Waals surface area (Å²) < 4.78 is 0. The van der Waals surface area contributed by atoms with E-state index in [-0.39, 0.29) is 0 Å². The molecule has 1 aliphatic carbocycles. The maximum Gasteiger partial charge on any atom is 0.0693 e. The molecule has 0 fully saturated rings. The average Bonchev–Trinajstić information content (AvgIpc) is 3.37. The van der Waals surface area contributed by atoms with E-state index in [0.717, 1.165) is 19.3 Å². The maximum atomic E-state index is 4.98. The summed E-state index contributed by atoms with van der Waals surface area (Å²) in [6, 6.07) is 17.8. The molecular weight excluding hydrogens is 376 g/mol. The molecule has 0 saturated carbocycles. The number of aryl methyl sites for hydroxylation is 1. The summed E-state index contributed by atoms with van der Waals surface area (Å²) in [6.45, 7) is 8.75. The number of allylic oxidation sites excluding steroid dienone is 2. The fourth-order valence-electron chi connectivity index (χ4n) is 4.63. The zero-order valence-corrected chi connectivity index (χ0v) is 19.4. The lowest BCUT2D eigenvalue weighted by Crippen LogP contribution is -2.33. The quantitative estimate of drug-likeness (QED) is 0.510. The summed E-state index contributed by atoms with van der Waals surface area (Å²) in [5, 5.41) is 0. The first kappa shape index (κ1) is 21.5. The van der Waals surface area contributed by atoms with Gasteiger partial charge >= 0.3 is 0 Å². The molecule has 2 heteroatoms. The Morgan fingerprint density at radius 2 is 1.81 bits per heavy atom. The largest absolute Gasteiger partial charge is 0.284 e. The molecule has 160 valence electrons. The van der Waals surface area contributed by atoms with Crippen molar-refractivity contribution >= 4 is 17.5 Å². The van der Waals surface area contributed by atoms with Gasteiger partial charge in [-0.25, -0.2) is 0 Å². The van der Waals surface area contributed by atoms with Crippen LogP contribution in [0.25, 0.3) is 6.08 Å². The lowest BCUT2D eigenvalue weighted by atomic mass is 9.81. The van der Waals surface area contributed by atoms with Crippen LogP contribution in [-0.2, 0) is 12.8 Å². The average molecular weight is 411 g/mol. The van der Waals surface area contributed by atoms with Crippen molar-refractivity contribution in [2.45, 2.75) is 65.8 Å². The summed E-state index contributed by atoms with van der Waals surface area (Å²) in [5.74, 6) is 0.401. The van der Waals surface area contributed by atoms with Crippen LogP contribution in [0, 0.1) is 12.8 Å². The van der Waals surface area contributed by atoms with Crippen molar-refractivity contribution < 1.29 is 0 Å². The number of hydrogen-bond acceptors (Lipinski definition) is 2. The Bertz CT molecular complexity index is 1070. The SMILES string of the molecule is CCCC.Cc1cccc(CC2=NC(C)CC3C(C4=Cc5ccccc5C4)=CN=C23)c1. The van der Waals surface area contributed by atoms with Crippen LogP contribution in [-0.4, -0.2) is 17.5 Å². The van der Waals surface area contributed by atoms with Crippen LogP contribution < -0.4 is 0 Å². The summed E-state index contributed by atoms with van der Waals surface area (Å²) in [6.07, 6.45) is 10.1. The molecule has 5 rings (SSSR count). The standard InChI is InChI=1S/C25H24N2.C4H10/c1-16-6-5-7-18(10-16)12-24-25-22(11-17(2)27-24)23(15-26-25)21-13-19-8-3-4-9-20(19)14-21;1-3-4-2/h3-10,13,15,17,22H,11-12,14H2,1-2H3;3-4H2,1-2H3. The molecule has 0 aromatic heterocycles. The number of fused-ring (bicyclic) bond motifs is 2. The number of nitrogens with zero attached hydrogens (tertiary/aromatic N) is 2. The topological polar surface area (TPSA) is 24.7 Å². The van der Waals surface area contributed by atoms with E-state index in [9.17, 15) is 0 Å². The minimum Gasteiger partial charge on any atom is -0.284 e. The zero-order valence-electron chi connectivity index (χ0n) is 19.4. The van der Waals surface area contributed by atoms with Gasteiger partial charge in [-0.3, -0.25) is 9.98 Å². The van der Waals surface area contributed by atoms with E-state index in [4.69, 9.17) is 9.98 Å². The zero-order chi connectivity index (χ0) is 21.8. The number of hydrogen-bond donors (Lipinski definition) is 0. The highest BCUT2D eigenvalue weighted by molar-refractivity contribution is 6.45. The highest BCUT2D eigenvalue weighted by Gasteiger charge is 2.35. The molecule has 0 radical (unpaired) electrons. The van der Waals surface area contributed by atoms with E-state index in [0.29, 0.717) is 12.0 Å². The number of aliphatic imine (C=N–C) groups is 2. The van der Waals surface area contributed by atoms with Gasteiger partial charge in [0.25, 0.3) is 0 Å². The third-order valence-electron chi connectivity index (χ3n) is 6.39. The molecule has 2 atom stereocenters. The first-order valence-corrected chi connectivity index (χ1v) is 11.8. The van der Waals surface area contributed by atoms with Gasteiger partial charge in [0.15, 0.2) is 0 Å². The summed E-state index contributed by atoms with van der Waals surface area (Å²) in [4.78, 5) is 9.85. The van der Waals surface area contributed by atoms with Crippen LogP contribution in [0.1, 0.15) is 62.3 Å². The summed E-state index contributed by atoms with van der Waals surface area (Å²) in [5.41, 5.74) is 10.6. The van der Waals surface area contributed by atoms with Gasteiger partial charge in [-0.15, -0.1) is 0 Å². The number of benzene rings is 2. The van der Waals surface area contributed by atoms with Crippen molar-refractivity contribution in [3.63, 3.8) is 0 Å². The molecule has 0 amide bonds. The van der Waals surface area contributed by atoms with Gasteiger partial charge < -0.3 is 0 Å². The lowest BCUT2D eigenvalue weighted by Gasteiger charge is -2.27. The molecule has 3 aliphatic rings. The number of rotatable bonds is 4. The Kier molecular flexibility index (Phi) is 6.65. The predicted molar refractivity (Wildman–Crippen MR) is 134 cm³/mol. The van der Waals surface area contributed by atoms with Crippen LogP contribution >= 0.6 is 0 Å². The molecule has 0 spiro atoms. The van der Waals surface area contributed by atoms with E-state index >= 15 is 0 Å².